The molecule has 80 valence electrons. The molecule has 0 N–H and O–H groups in total. The van der Waals surface area contributed by atoms with Crippen LogP contribution >= 0.6 is 0 Å². The molecule has 1 rings (SSSR count). The van der Waals surface area contributed by atoms with Crippen LogP contribution in [-0.2, 0) is 4.79 Å². The Morgan fingerprint density at radius 2 is 1.57 bits per heavy atom. The summed E-state index contributed by atoms with van der Waals surface area (Å²) in [5.74, 6) is 0.282. The Balaban J connectivity index is 2.44. The highest BCUT2D eigenvalue weighted by atomic mass is 16.1. The molecule has 0 amide bonds. The molecular weight excluding hydrogens is 172 g/mol. The SMILES string of the molecule is CC(=O)/C1=C/CCCCCCCCC1. The smallest absolute Gasteiger partial charge is 0.155 e. The Hall–Kier alpha value is -0.590. The lowest BCUT2D eigenvalue weighted by Gasteiger charge is -2.02. The minimum Gasteiger partial charge on any atom is -0.295 e. The van der Waals surface area contributed by atoms with Crippen LogP contribution in [0.2, 0.25) is 0 Å². The fourth-order valence-corrected chi connectivity index (χ4v) is 2.04. The third-order valence-electron chi connectivity index (χ3n) is 2.99. The van der Waals surface area contributed by atoms with Gasteiger partial charge in [-0.2, -0.15) is 0 Å². The highest BCUT2D eigenvalue weighted by Gasteiger charge is 2.04. The predicted octanol–water partition coefficient (Wildman–Crippen LogP) is 4.03. The van der Waals surface area contributed by atoms with E-state index in [9.17, 15) is 4.79 Å². The van der Waals surface area contributed by atoms with E-state index >= 15 is 0 Å². The third kappa shape index (κ3) is 4.59. The Labute approximate surface area is 87.6 Å². The van der Waals surface area contributed by atoms with Gasteiger partial charge >= 0.3 is 0 Å². The van der Waals surface area contributed by atoms with E-state index in [1.807, 2.05) is 0 Å². The van der Waals surface area contributed by atoms with Crippen LogP contribution in [0, 0.1) is 0 Å². The molecule has 0 unspecified atom stereocenters. The second-order valence-corrected chi connectivity index (χ2v) is 4.30. The van der Waals surface area contributed by atoms with Crippen molar-refractivity contribution in [1.29, 1.82) is 0 Å². The molecule has 1 heteroatoms. The van der Waals surface area contributed by atoms with Crippen LogP contribution in [0.4, 0.5) is 0 Å². The van der Waals surface area contributed by atoms with Crippen LogP contribution in [0.3, 0.4) is 0 Å². The van der Waals surface area contributed by atoms with Gasteiger partial charge in [-0.25, -0.2) is 0 Å². The van der Waals surface area contributed by atoms with Crippen molar-refractivity contribution in [2.24, 2.45) is 0 Å². The molecule has 1 aliphatic rings. The molecule has 0 aromatic rings. The standard InChI is InChI=1S/C13H22O/c1-12(14)13-10-8-6-4-2-3-5-7-9-11-13/h10H,2-9,11H2,1H3/b13-10+. The minimum absolute atomic E-state index is 0.282. The van der Waals surface area contributed by atoms with E-state index in [0.717, 1.165) is 18.4 Å². The van der Waals surface area contributed by atoms with Gasteiger partial charge in [0.05, 0.1) is 0 Å². The summed E-state index contributed by atoms with van der Waals surface area (Å²) in [5.41, 5.74) is 1.08. The topological polar surface area (TPSA) is 17.1 Å². The van der Waals surface area contributed by atoms with Crippen molar-refractivity contribution in [3.63, 3.8) is 0 Å². The Morgan fingerprint density at radius 1 is 1.00 bits per heavy atom. The molecule has 0 bridgehead atoms. The lowest BCUT2D eigenvalue weighted by atomic mass is 10.0. The van der Waals surface area contributed by atoms with E-state index in [-0.39, 0.29) is 5.78 Å². The molecule has 0 aromatic carbocycles. The predicted molar refractivity (Wildman–Crippen MR) is 60.3 cm³/mol. The van der Waals surface area contributed by atoms with Gasteiger partial charge in [0.2, 0.25) is 0 Å². The molecule has 14 heavy (non-hydrogen) atoms. The van der Waals surface area contributed by atoms with Gasteiger partial charge in [0, 0.05) is 0 Å². The highest BCUT2D eigenvalue weighted by molar-refractivity contribution is 5.93. The molecule has 1 aliphatic carbocycles. The average Bonchev–Trinajstić information content (AvgIpc) is 2.21. The normalized spacial score (nSPS) is 24.5. The molecule has 0 radical (unpaired) electrons. The number of rotatable bonds is 1. The first-order chi connectivity index (χ1) is 6.80. The maximum atomic E-state index is 11.3. The first-order valence-electron chi connectivity index (χ1n) is 6.00. The molecule has 0 heterocycles. The van der Waals surface area contributed by atoms with Crippen molar-refractivity contribution < 1.29 is 4.79 Å². The van der Waals surface area contributed by atoms with Crippen molar-refractivity contribution in [1.82, 2.24) is 0 Å². The van der Waals surface area contributed by atoms with E-state index in [2.05, 4.69) is 6.08 Å². The maximum absolute atomic E-state index is 11.3. The average molecular weight is 194 g/mol. The molecule has 0 fully saturated rings. The quantitative estimate of drug-likeness (QED) is 0.616. The van der Waals surface area contributed by atoms with Crippen LogP contribution in [0.5, 0.6) is 0 Å². The van der Waals surface area contributed by atoms with E-state index in [1.165, 1.54) is 44.9 Å². The highest BCUT2D eigenvalue weighted by Crippen LogP contribution is 2.17. The van der Waals surface area contributed by atoms with Crippen LogP contribution in [-0.4, -0.2) is 5.78 Å². The summed E-state index contributed by atoms with van der Waals surface area (Å²) in [4.78, 5) is 11.3. The molecule has 1 nitrogen and oxygen atoms in total. The van der Waals surface area contributed by atoms with E-state index in [4.69, 9.17) is 0 Å². The molecular formula is C13H22O. The van der Waals surface area contributed by atoms with E-state index < -0.39 is 0 Å². The summed E-state index contributed by atoms with van der Waals surface area (Å²) in [7, 11) is 0. The van der Waals surface area contributed by atoms with Crippen LogP contribution in [0.1, 0.15) is 64.7 Å². The number of carbonyl (C=O) groups is 1. The van der Waals surface area contributed by atoms with Gasteiger partial charge < -0.3 is 0 Å². The van der Waals surface area contributed by atoms with Crippen molar-refractivity contribution >= 4 is 5.78 Å². The van der Waals surface area contributed by atoms with Gasteiger partial charge in [-0.3, -0.25) is 4.79 Å². The molecule has 0 aliphatic heterocycles. The molecule has 0 saturated carbocycles. The molecule has 0 spiro atoms. The zero-order chi connectivity index (χ0) is 10.2. The number of allylic oxidation sites excluding steroid dienone is 2. The third-order valence-corrected chi connectivity index (χ3v) is 2.99. The number of hydrogen-bond donors (Lipinski definition) is 0. The van der Waals surface area contributed by atoms with Gasteiger partial charge in [0.25, 0.3) is 0 Å². The Morgan fingerprint density at radius 3 is 2.21 bits per heavy atom. The molecule has 0 atom stereocenters. The molecule has 0 saturated heterocycles. The summed E-state index contributed by atoms with van der Waals surface area (Å²) >= 11 is 0. The largest absolute Gasteiger partial charge is 0.295 e. The van der Waals surface area contributed by atoms with Crippen molar-refractivity contribution in [2.75, 3.05) is 0 Å². The van der Waals surface area contributed by atoms with E-state index in [1.54, 1.807) is 6.92 Å². The number of ketones is 1. The first kappa shape index (κ1) is 11.5. The fraction of sp³-hybridized carbons (Fsp3) is 0.769. The van der Waals surface area contributed by atoms with Gasteiger partial charge in [-0.1, -0.05) is 38.2 Å². The van der Waals surface area contributed by atoms with Crippen LogP contribution < -0.4 is 0 Å². The van der Waals surface area contributed by atoms with Gasteiger partial charge in [0.15, 0.2) is 5.78 Å². The Bertz CT molecular complexity index is 203. The number of Topliss-reactive ketones (excluding diaryl/α,β-unsaturated/α-hetero) is 1. The van der Waals surface area contributed by atoms with E-state index in [0.29, 0.717) is 0 Å². The van der Waals surface area contributed by atoms with Crippen LogP contribution in [0.15, 0.2) is 11.6 Å². The number of carbonyl (C=O) groups excluding carboxylic acids is 1. The first-order valence-corrected chi connectivity index (χ1v) is 6.00. The Kier molecular flexibility index (Phi) is 5.58. The minimum atomic E-state index is 0.282. The maximum Gasteiger partial charge on any atom is 0.155 e. The summed E-state index contributed by atoms with van der Waals surface area (Å²) in [6.45, 7) is 1.70. The summed E-state index contributed by atoms with van der Waals surface area (Å²) in [5, 5.41) is 0. The zero-order valence-corrected chi connectivity index (χ0v) is 9.35. The summed E-state index contributed by atoms with van der Waals surface area (Å²) in [6.07, 6.45) is 13.5. The second kappa shape index (κ2) is 6.80. The lowest BCUT2D eigenvalue weighted by Crippen LogP contribution is -1.96. The molecule has 0 aromatic heterocycles. The van der Waals surface area contributed by atoms with Crippen LogP contribution in [0.25, 0.3) is 0 Å². The lowest BCUT2D eigenvalue weighted by molar-refractivity contribution is -0.113. The van der Waals surface area contributed by atoms with Gasteiger partial charge in [0.1, 0.15) is 0 Å². The van der Waals surface area contributed by atoms with Crippen molar-refractivity contribution in [3.8, 4) is 0 Å². The summed E-state index contributed by atoms with van der Waals surface area (Å²) in [6, 6.07) is 0. The number of hydrogen-bond acceptors (Lipinski definition) is 1. The van der Waals surface area contributed by atoms with Gasteiger partial charge in [-0.05, 0) is 38.2 Å². The second-order valence-electron chi connectivity index (χ2n) is 4.30. The van der Waals surface area contributed by atoms with Crippen molar-refractivity contribution in [3.05, 3.63) is 11.6 Å². The zero-order valence-electron chi connectivity index (χ0n) is 9.35. The van der Waals surface area contributed by atoms with Gasteiger partial charge in [-0.15, -0.1) is 0 Å². The van der Waals surface area contributed by atoms with Crippen molar-refractivity contribution in [2.45, 2.75) is 64.7 Å². The monoisotopic (exact) mass is 194 g/mol. The summed E-state index contributed by atoms with van der Waals surface area (Å²) < 4.78 is 0. The fourth-order valence-electron chi connectivity index (χ4n) is 2.04.